The van der Waals surface area contributed by atoms with Crippen LogP contribution in [0.3, 0.4) is 0 Å². The summed E-state index contributed by atoms with van der Waals surface area (Å²) in [6.07, 6.45) is 1.61. The summed E-state index contributed by atoms with van der Waals surface area (Å²) in [6, 6.07) is 35.1. The maximum atomic E-state index is 13.4. The standard InChI is InChI=1S/C36H28N4O3S2/c1-24-15-17-26(18-16-24)31-22-45-36(30(31)21-37)40-33(41)23-44-29-14-8-13-28(20-29)38-35(43)32(19-25-9-4-2-5-10-25)39-34(42)27-11-6-3-7-12-27/h2-20,22H,23H2,1H3,(H,38,43)(H,39,42)(H,40,41)/b32-19-. The minimum atomic E-state index is -0.492. The lowest BCUT2D eigenvalue weighted by Crippen LogP contribution is -2.30. The Morgan fingerprint density at radius 1 is 0.867 bits per heavy atom. The summed E-state index contributed by atoms with van der Waals surface area (Å²) >= 11 is 2.62. The van der Waals surface area contributed by atoms with E-state index in [1.807, 2.05) is 79.0 Å². The highest BCUT2D eigenvalue weighted by atomic mass is 32.2. The number of anilines is 2. The van der Waals surface area contributed by atoms with Crippen molar-refractivity contribution in [2.45, 2.75) is 11.8 Å². The van der Waals surface area contributed by atoms with Crippen LogP contribution < -0.4 is 16.0 Å². The van der Waals surface area contributed by atoms with Crippen molar-refractivity contribution >= 4 is 57.6 Å². The van der Waals surface area contributed by atoms with Crippen molar-refractivity contribution in [3.8, 4) is 17.2 Å². The van der Waals surface area contributed by atoms with E-state index in [4.69, 9.17) is 0 Å². The maximum Gasteiger partial charge on any atom is 0.272 e. The third-order valence-corrected chi connectivity index (χ3v) is 8.51. The Kier molecular flexibility index (Phi) is 10.2. The van der Waals surface area contributed by atoms with Gasteiger partial charge >= 0.3 is 0 Å². The van der Waals surface area contributed by atoms with Crippen LogP contribution in [0.1, 0.15) is 27.0 Å². The number of carbonyl (C=O) groups excluding carboxylic acids is 3. The van der Waals surface area contributed by atoms with Gasteiger partial charge in [0.2, 0.25) is 5.91 Å². The summed E-state index contributed by atoms with van der Waals surface area (Å²) in [5.74, 6) is -1.04. The molecular weight excluding hydrogens is 601 g/mol. The van der Waals surface area contributed by atoms with Crippen LogP contribution in [-0.2, 0) is 9.59 Å². The third-order valence-electron chi connectivity index (χ3n) is 6.62. The second-order valence-corrected chi connectivity index (χ2v) is 11.9. The van der Waals surface area contributed by atoms with E-state index < -0.39 is 11.8 Å². The highest BCUT2D eigenvalue weighted by Crippen LogP contribution is 2.35. The van der Waals surface area contributed by atoms with Crippen molar-refractivity contribution in [2.24, 2.45) is 0 Å². The lowest BCUT2D eigenvalue weighted by molar-refractivity contribution is -0.114. The molecule has 5 rings (SSSR count). The molecule has 0 saturated carbocycles. The van der Waals surface area contributed by atoms with Crippen molar-refractivity contribution in [1.82, 2.24) is 5.32 Å². The molecule has 1 heterocycles. The van der Waals surface area contributed by atoms with Crippen LogP contribution in [-0.4, -0.2) is 23.5 Å². The molecule has 9 heteroatoms. The van der Waals surface area contributed by atoms with Crippen molar-refractivity contribution < 1.29 is 14.4 Å². The van der Waals surface area contributed by atoms with E-state index in [1.54, 1.807) is 48.5 Å². The van der Waals surface area contributed by atoms with Gasteiger partial charge in [0.1, 0.15) is 16.8 Å². The topological polar surface area (TPSA) is 111 Å². The molecule has 0 saturated heterocycles. The number of thioether (sulfide) groups is 1. The molecule has 0 aliphatic rings. The van der Waals surface area contributed by atoms with Gasteiger partial charge in [-0.1, -0.05) is 84.4 Å². The van der Waals surface area contributed by atoms with Gasteiger partial charge in [0.25, 0.3) is 11.8 Å². The Bertz CT molecular complexity index is 1890. The maximum absolute atomic E-state index is 13.4. The number of thiophene rings is 1. The average molecular weight is 629 g/mol. The summed E-state index contributed by atoms with van der Waals surface area (Å²) < 4.78 is 0. The van der Waals surface area contributed by atoms with E-state index in [2.05, 4.69) is 22.0 Å². The fourth-order valence-corrected chi connectivity index (χ4v) is 6.03. The number of carbonyl (C=O) groups is 3. The molecule has 0 bridgehead atoms. The number of nitrogens with one attached hydrogen (secondary N) is 3. The minimum absolute atomic E-state index is 0.0849. The van der Waals surface area contributed by atoms with Gasteiger partial charge in [-0.05, 0) is 54.5 Å². The number of benzene rings is 4. The van der Waals surface area contributed by atoms with E-state index in [0.717, 1.165) is 27.1 Å². The number of amides is 3. The van der Waals surface area contributed by atoms with Crippen molar-refractivity contribution in [3.05, 3.63) is 143 Å². The molecular formula is C36H28N4O3S2. The monoisotopic (exact) mass is 628 g/mol. The smallest absolute Gasteiger partial charge is 0.272 e. The fourth-order valence-electron chi connectivity index (χ4n) is 4.34. The average Bonchev–Trinajstić information content (AvgIpc) is 3.47. The van der Waals surface area contributed by atoms with E-state index in [0.29, 0.717) is 21.8 Å². The quantitative estimate of drug-likeness (QED) is 0.108. The van der Waals surface area contributed by atoms with Gasteiger partial charge in [-0.15, -0.1) is 23.1 Å². The molecule has 0 fully saturated rings. The van der Waals surface area contributed by atoms with Crippen LogP contribution in [0.4, 0.5) is 10.7 Å². The Balaban J connectivity index is 1.24. The van der Waals surface area contributed by atoms with Crippen molar-refractivity contribution in [3.63, 3.8) is 0 Å². The molecule has 1 aromatic heterocycles. The number of hydrogen-bond donors (Lipinski definition) is 3. The number of hydrogen-bond acceptors (Lipinski definition) is 6. The zero-order chi connectivity index (χ0) is 31.6. The summed E-state index contributed by atoms with van der Waals surface area (Å²) in [6.45, 7) is 2.00. The third kappa shape index (κ3) is 8.36. The molecule has 0 aliphatic carbocycles. The number of nitrogens with zero attached hydrogens (tertiary/aromatic N) is 1. The molecule has 4 aromatic carbocycles. The van der Waals surface area contributed by atoms with Crippen LogP contribution in [0, 0.1) is 18.3 Å². The predicted octanol–water partition coefficient (Wildman–Crippen LogP) is 7.74. The van der Waals surface area contributed by atoms with Gasteiger partial charge in [-0.25, -0.2) is 0 Å². The van der Waals surface area contributed by atoms with Crippen LogP contribution >= 0.6 is 23.1 Å². The molecule has 5 aromatic rings. The second kappa shape index (κ2) is 14.8. The minimum Gasteiger partial charge on any atom is -0.321 e. The summed E-state index contributed by atoms with van der Waals surface area (Å²) in [5, 5.41) is 20.6. The molecule has 7 nitrogen and oxygen atoms in total. The Labute approximate surface area is 269 Å². The largest absolute Gasteiger partial charge is 0.321 e. The number of rotatable bonds is 10. The zero-order valence-corrected chi connectivity index (χ0v) is 25.9. The first-order chi connectivity index (χ1) is 21.9. The van der Waals surface area contributed by atoms with E-state index in [-0.39, 0.29) is 17.4 Å². The van der Waals surface area contributed by atoms with Crippen LogP contribution in [0.2, 0.25) is 0 Å². The highest BCUT2D eigenvalue weighted by Gasteiger charge is 2.17. The summed E-state index contributed by atoms with van der Waals surface area (Å²) in [7, 11) is 0. The van der Waals surface area contributed by atoms with Gasteiger partial charge in [0.05, 0.1) is 11.3 Å². The fraction of sp³-hybridized carbons (Fsp3) is 0.0556. The van der Waals surface area contributed by atoms with Crippen molar-refractivity contribution in [2.75, 3.05) is 16.4 Å². The molecule has 0 spiro atoms. The zero-order valence-electron chi connectivity index (χ0n) is 24.2. The van der Waals surface area contributed by atoms with Gasteiger partial charge in [-0.2, -0.15) is 5.26 Å². The predicted molar refractivity (Wildman–Crippen MR) is 182 cm³/mol. The Hall–Kier alpha value is -5.43. The number of aryl methyl sites for hydroxylation is 1. The first kappa shape index (κ1) is 31.0. The van der Waals surface area contributed by atoms with Crippen molar-refractivity contribution in [1.29, 1.82) is 5.26 Å². The van der Waals surface area contributed by atoms with E-state index in [1.165, 1.54) is 23.1 Å². The molecule has 45 heavy (non-hydrogen) atoms. The molecule has 3 amide bonds. The molecule has 0 atom stereocenters. The summed E-state index contributed by atoms with van der Waals surface area (Å²) in [5.41, 5.74) is 5.04. The van der Waals surface area contributed by atoms with E-state index in [9.17, 15) is 19.6 Å². The lowest BCUT2D eigenvalue weighted by atomic mass is 10.0. The molecule has 222 valence electrons. The second-order valence-electron chi connectivity index (χ2n) is 9.94. The van der Waals surface area contributed by atoms with Gasteiger partial charge < -0.3 is 16.0 Å². The van der Waals surface area contributed by atoms with Crippen LogP contribution in [0.15, 0.2) is 125 Å². The first-order valence-electron chi connectivity index (χ1n) is 14.0. The lowest BCUT2D eigenvalue weighted by Gasteiger charge is -2.12. The molecule has 0 aliphatic heterocycles. The Morgan fingerprint density at radius 2 is 1.58 bits per heavy atom. The summed E-state index contributed by atoms with van der Waals surface area (Å²) in [4.78, 5) is 39.8. The molecule has 3 N–H and O–H groups in total. The van der Waals surface area contributed by atoms with Gasteiger partial charge in [0.15, 0.2) is 0 Å². The van der Waals surface area contributed by atoms with Crippen LogP contribution in [0.25, 0.3) is 17.2 Å². The van der Waals surface area contributed by atoms with Gasteiger partial charge in [0, 0.05) is 27.1 Å². The molecule has 0 unspecified atom stereocenters. The van der Waals surface area contributed by atoms with E-state index >= 15 is 0 Å². The number of nitriles is 1. The first-order valence-corrected chi connectivity index (χ1v) is 15.8. The Morgan fingerprint density at radius 3 is 2.29 bits per heavy atom. The van der Waals surface area contributed by atoms with Gasteiger partial charge in [-0.3, -0.25) is 14.4 Å². The van der Waals surface area contributed by atoms with Crippen LogP contribution in [0.5, 0.6) is 0 Å². The SMILES string of the molecule is Cc1ccc(-c2csc(NC(=O)CSc3cccc(NC(=O)/C(=C/c4ccccc4)NC(=O)c4ccccc4)c3)c2C#N)cc1. The normalized spacial score (nSPS) is 10.9. The highest BCUT2D eigenvalue weighted by molar-refractivity contribution is 8.00. The molecule has 0 radical (unpaired) electrons.